The van der Waals surface area contributed by atoms with Crippen LogP contribution in [0.1, 0.15) is 94.1 Å². The van der Waals surface area contributed by atoms with E-state index in [1.165, 1.54) is 35.1 Å². The predicted octanol–water partition coefficient (Wildman–Crippen LogP) is 8.86. The van der Waals surface area contributed by atoms with E-state index in [1.807, 2.05) is 24.0 Å². The lowest BCUT2D eigenvalue weighted by molar-refractivity contribution is -0.144. The lowest BCUT2D eigenvalue weighted by Gasteiger charge is -2.33. The molecule has 48 heavy (non-hydrogen) atoms. The van der Waals surface area contributed by atoms with Gasteiger partial charge in [0.25, 0.3) is 0 Å². The Bertz CT molecular complexity index is 1580. The van der Waals surface area contributed by atoms with E-state index in [1.54, 1.807) is 0 Å². The van der Waals surface area contributed by atoms with Crippen molar-refractivity contribution in [1.82, 2.24) is 9.80 Å². The first kappa shape index (κ1) is 34.6. The fraction of sp³-hybridized carbons (Fsp3) is 0.525. The quantitative estimate of drug-likeness (QED) is 0.182. The molecule has 7 nitrogen and oxygen atoms in total. The summed E-state index contributed by atoms with van der Waals surface area (Å²) in [5.41, 5.74) is 6.97. The van der Waals surface area contributed by atoms with Crippen molar-refractivity contribution in [3.8, 4) is 28.4 Å². The minimum atomic E-state index is -0.773. The van der Waals surface area contributed by atoms with Crippen molar-refractivity contribution in [3.63, 3.8) is 0 Å². The molecule has 2 fully saturated rings. The van der Waals surface area contributed by atoms with Crippen LogP contribution in [-0.4, -0.2) is 65.3 Å². The first-order valence-electron chi connectivity index (χ1n) is 17.9. The topological polar surface area (TPSA) is 71.5 Å². The number of carboxylic acids is 1. The predicted molar refractivity (Wildman–Crippen MR) is 192 cm³/mol. The molecule has 0 bridgehead atoms. The summed E-state index contributed by atoms with van der Waals surface area (Å²) in [7, 11) is 0. The van der Waals surface area contributed by atoms with Crippen molar-refractivity contribution >= 4 is 17.6 Å². The highest BCUT2D eigenvalue weighted by Crippen LogP contribution is 2.44. The Labute approximate surface area is 291 Å². The van der Waals surface area contributed by atoms with Gasteiger partial charge in [0.2, 0.25) is 0 Å². The molecule has 1 N–H and O–H groups in total. The highest BCUT2D eigenvalue weighted by Gasteiger charge is 2.31. The number of fused-ring (bicyclic) bond motifs is 1. The van der Waals surface area contributed by atoms with Gasteiger partial charge in [-0.1, -0.05) is 48.4 Å². The van der Waals surface area contributed by atoms with Crippen molar-refractivity contribution in [1.29, 1.82) is 0 Å². The Hall–Kier alpha value is -3.26. The number of aliphatic carboxylic acids is 1. The van der Waals surface area contributed by atoms with Gasteiger partial charge in [-0.2, -0.15) is 0 Å². The van der Waals surface area contributed by atoms with Crippen molar-refractivity contribution in [3.05, 3.63) is 75.8 Å². The van der Waals surface area contributed by atoms with Gasteiger partial charge in [0.05, 0.1) is 18.2 Å². The second-order valence-electron chi connectivity index (χ2n) is 13.8. The normalized spacial score (nSPS) is 22.9. The largest absolute Gasteiger partial charge is 0.493 e. The smallest absolute Gasteiger partial charge is 0.320 e. The van der Waals surface area contributed by atoms with E-state index in [4.69, 9.17) is 25.8 Å². The summed E-state index contributed by atoms with van der Waals surface area (Å²) in [5, 5.41) is 10.3. The van der Waals surface area contributed by atoms with Gasteiger partial charge in [-0.3, -0.25) is 14.6 Å². The summed E-state index contributed by atoms with van der Waals surface area (Å²) >= 11 is 6.86. The van der Waals surface area contributed by atoms with Gasteiger partial charge in [0.1, 0.15) is 29.4 Å². The number of carbonyl (C=O) groups is 1. The molecule has 2 heterocycles. The fourth-order valence-corrected chi connectivity index (χ4v) is 8.31. The Kier molecular flexibility index (Phi) is 11.2. The second kappa shape index (κ2) is 15.5. The highest BCUT2D eigenvalue weighted by molar-refractivity contribution is 6.32. The zero-order valence-corrected chi connectivity index (χ0v) is 29.7. The van der Waals surface area contributed by atoms with E-state index >= 15 is 0 Å². The zero-order valence-electron chi connectivity index (χ0n) is 29.0. The van der Waals surface area contributed by atoms with Gasteiger partial charge in [-0.15, -0.1) is 0 Å². The van der Waals surface area contributed by atoms with Gasteiger partial charge in [0, 0.05) is 36.8 Å². The molecule has 0 spiro atoms. The van der Waals surface area contributed by atoms with E-state index in [0.717, 1.165) is 62.1 Å². The summed E-state index contributed by atoms with van der Waals surface area (Å²) < 4.78 is 19.0. The van der Waals surface area contributed by atoms with E-state index in [-0.39, 0.29) is 6.10 Å². The average molecular weight is 675 g/mol. The lowest BCUT2D eigenvalue weighted by Crippen LogP contribution is -2.44. The number of benzene rings is 3. The number of piperidine rings is 1. The highest BCUT2D eigenvalue weighted by atomic mass is 35.5. The first-order chi connectivity index (χ1) is 23.2. The molecule has 2 aliphatic heterocycles. The van der Waals surface area contributed by atoms with Crippen molar-refractivity contribution < 1.29 is 24.1 Å². The molecular weight excluding hydrogens is 624 g/mol. The minimum absolute atomic E-state index is 0.133. The average Bonchev–Trinajstić information content (AvgIpc) is 3.63. The second-order valence-corrected chi connectivity index (χ2v) is 14.2. The number of nitrogens with zero attached hydrogens (tertiary/aromatic N) is 2. The van der Waals surface area contributed by atoms with E-state index in [0.29, 0.717) is 54.8 Å². The lowest BCUT2D eigenvalue weighted by atomic mass is 9.93. The summed E-state index contributed by atoms with van der Waals surface area (Å²) in [6, 6.07) is 17.5. The molecule has 3 aromatic rings. The number of hydrogen-bond donors (Lipinski definition) is 1. The van der Waals surface area contributed by atoms with Crippen LogP contribution < -0.4 is 14.2 Å². The third kappa shape index (κ3) is 7.49. The fourth-order valence-electron chi connectivity index (χ4n) is 8.08. The van der Waals surface area contributed by atoms with Crippen molar-refractivity contribution in [2.24, 2.45) is 0 Å². The Balaban J connectivity index is 1.17. The van der Waals surface area contributed by atoms with E-state index < -0.39 is 12.0 Å². The molecule has 258 valence electrons. The standard InChI is InChI=1S/C40H51ClN2O5/c1-5-46-38-24-39(34(41)23-29(38)25-42-20-7-6-14-35(42)40(44)45)48-37-19-18-32-31(12-8-13-33(32)37)30-11-9-15-36(28(30)4)47-22-10-21-43-26(2)16-17-27(43)3/h8-9,11-13,15,23-24,26-27,35,37H,5-7,10,14,16-22,25H2,1-4H3,(H,44,45)/t26-,27-,35+,37+/m1/s1. The van der Waals surface area contributed by atoms with E-state index in [2.05, 4.69) is 62.1 Å². The van der Waals surface area contributed by atoms with Gasteiger partial charge >= 0.3 is 5.97 Å². The summed E-state index contributed by atoms with van der Waals surface area (Å²) in [6.45, 7) is 12.3. The molecule has 0 radical (unpaired) electrons. The molecule has 3 aliphatic rings. The monoisotopic (exact) mass is 674 g/mol. The molecule has 0 unspecified atom stereocenters. The summed E-state index contributed by atoms with van der Waals surface area (Å²) in [5.74, 6) is 1.46. The van der Waals surface area contributed by atoms with Crippen LogP contribution in [-0.2, 0) is 17.8 Å². The minimum Gasteiger partial charge on any atom is -0.493 e. The Morgan fingerprint density at radius 1 is 0.938 bits per heavy atom. The number of likely N-dealkylation sites (tertiary alicyclic amines) is 2. The molecule has 8 heteroatoms. The first-order valence-corrected chi connectivity index (χ1v) is 18.3. The maximum atomic E-state index is 11.9. The van der Waals surface area contributed by atoms with Crippen molar-refractivity contribution in [2.75, 3.05) is 26.3 Å². The summed E-state index contributed by atoms with van der Waals surface area (Å²) in [6.07, 6.45) is 7.81. The third-order valence-corrected chi connectivity index (χ3v) is 11.0. The van der Waals surface area contributed by atoms with Crippen LogP contribution in [0.4, 0.5) is 0 Å². The number of hydrogen-bond acceptors (Lipinski definition) is 6. The van der Waals surface area contributed by atoms with Gasteiger partial charge in [0.15, 0.2) is 0 Å². The molecule has 6 rings (SSSR count). The number of halogens is 1. The number of carboxylic acid groups (broad SMARTS) is 1. The molecule has 4 atom stereocenters. The van der Waals surface area contributed by atoms with Crippen LogP contribution in [0.2, 0.25) is 5.02 Å². The van der Waals surface area contributed by atoms with Crippen LogP contribution in [0.25, 0.3) is 11.1 Å². The number of ether oxygens (including phenoxy) is 3. The molecule has 3 aromatic carbocycles. The Morgan fingerprint density at radius 2 is 1.71 bits per heavy atom. The van der Waals surface area contributed by atoms with E-state index in [9.17, 15) is 9.90 Å². The van der Waals surface area contributed by atoms with Crippen LogP contribution in [0.15, 0.2) is 48.5 Å². The van der Waals surface area contributed by atoms with Gasteiger partial charge in [-0.05, 0) is 119 Å². The zero-order chi connectivity index (χ0) is 33.8. The molecule has 1 aliphatic carbocycles. The molecule has 0 aromatic heterocycles. The van der Waals surface area contributed by atoms with Crippen LogP contribution in [0, 0.1) is 6.92 Å². The molecule has 0 saturated carbocycles. The number of rotatable bonds is 13. The molecule has 2 saturated heterocycles. The van der Waals surface area contributed by atoms with Gasteiger partial charge < -0.3 is 19.3 Å². The van der Waals surface area contributed by atoms with Gasteiger partial charge in [-0.25, -0.2) is 0 Å². The maximum absolute atomic E-state index is 11.9. The maximum Gasteiger partial charge on any atom is 0.320 e. The summed E-state index contributed by atoms with van der Waals surface area (Å²) in [4.78, 5) is 16.6. The van der Waals surface area contributed by atoms with Crippen LogP contribution in [0.5, 0.6) is 17.2 Å². The van der Waals surface area contributed by atoms with Crippen molar-refractivity contribution in [2.45, 2.75) is 110 Å². The molecule has 0 amide bonds. The molecular formula is C40H51ClN2O5. The Morgan fingerprint density at radius 3 is 2.48 bits per heavy atom. The van der Waals surface area contributed by atoms with Crippen LogP contribution in [0.3, 0.4) is 0 Å². The SMILES string of the molecule is CCOc1cc(O[C@H]2CCc3c(-c4cccc(OCCCN5[C@H](C)CC[C@H]5C)c4C)cccc32)c(Cl)cc1CN1CCCC[C@H]1C(=O)O. The third-order valence-electron chi connectivity index (χ3n) is 10.7. The van der Waals surface area contributed by atoms with Crippen LogP contribution >= 0.6 is 11.6 Å².